The molecule has 3 aromatic rings. The number of furan rings is 1. The zero-order valence-corrected chi connectivity index (χ0v) is 13.2. The first kappa shape index (κ1) is 13.2. The van der Waals surface area contributed by atoms with E-state index in [1.54, 1.807) is 24.3 Å². The second-order valence-electron chi connectivity index (χ2n) is 3.85. The lowest BCUT2D eigenvalue weighted by Gasteiger charge is -1.93. The molecule has 0 N–H and O–H groups in total. The van der Waals surface area contributed by atoms with Gasteiger partial charge in [0.05, 0.1) is 13.7 Å². The summed E-state index contributed by atoms with van der Waals surface area (Å²) in [7, 11) is 0. The number of benzene rings is 1. The minimum Gasteiger partial charge on any atom is -0.451 e. The fourth-order valence-corrected chi connectivity index (χ4v) is 3.62. The van der Waals surface area contributed by atoms with Crippen molar-refractivity contribution >= 4 is 67.2 Å². The Morgan fingerprint density at radius 1 is 1.21 bits per heavy atom. The van der Waals surface area contributed by atoms with Crippen LogP contribution in [0.1, 0.15) is 15.4 Å². The lowest BCUT2D eigenvalue weighted by atomic mass is 10.2. The smallest absolute Gasteiger partial charge is 0.238 e. The summed E-state index contributed by atoms with van der Waals surface area (Å²) in [6, 6.07) is 8.53. The molecule has 2 nitrogen and oxygen atoms in total. The number of carbonyl (C=O) groups is 1. The van der Waals surface area contributed by atoms with E-state index in [0.29, 0.717) is 20.5 Å². The topological polar surface area (TPSA) is 30.2 Å². The molecule has 1 aromatic carbocycles. The predicted molar refractivity (Wildman–Crippen MR) is 81.7 cm³/mol. The molecule has 0 spiro atoms. The molecule has 96 valence electrons. The summed E-state index contributed by atoms with van der Waals surface area (Å²) in [5.41, 5.74) is 0.477. The van der Waals surface area contributed by atoms with Crippen LogP contribution in [0.4, 0.5) is 0 Å². The summed E-state index contributed by atoms with van der Waals surface area (Å²) in [6.07, 6.45) is 0. The maximum absolute atomic E-state index is 12.2. The van der Waals surface area contributed by atoms with Crippen molar-refractivity contribution in [2.24, 2.45) is 0 Å². The monoisotopic (exact) mass is 374 g/mol. The second kappa shape index (κ2) is 4.94. The molecule has 0 aliphatic rings. The number of fused-ring (bicyclic) bond motifs is 1. The summed E-state index contributed by atoms with van der Waals surface area (Å²) in [5.74, 6) is 0.0904. The Bertz CT molecular complexity index is 791. The summed E-state index contributed by atoms with van der Waals surface area (Å²) in [4.78, 5) is 12.9. The van der Waals surface area contributed by atoms with Crippen LogP contribution in [0.5, 0.6) is 0 Å². The number of carbonyl (C=O) groups excluding carboxylic acids is 1. The minimum absolute atomic E-state index is 0.168. The number of ketones is 1. The van der Waals surface area contributed by atoms with E-state index >= 15 is 0 Å². The van der Waals surface area contributed by atoms with Gasteiger partial charge in [0.25, 0.3) is 0 Å². The Morgan fingerprint density at radius 2 is 2.00 bits per heavy atom. The molecule has 0 bridgehead atoms. The van der Waals surface area contributed by atoms with E-state index < -0.39 is 0 Å². The number of hydrogen-bond donors (Lipinski definition) is 0. The van der Waals surface area contributed by atoms with Crippen LogP contribution in [0, 0.1) is 0 Å². The standard InChI is InChI=1S/C13H5BrCl2O2S/c14-11-2-1-10(19-11)12(17)9-4-6-3-7(15)5-8(16)13(6)18-9/h1-5H. The molecule has 0 fully saturated rings. The van der Waals surface area contributed by atoms with E-state index in [1.165, 1.54) is 11.3 Å². The zero-order chi connectivity index (χ0) is 13.6. The van der Waals surface area contributed by atoms with E-state index in [4.69, 9.17) is 27.6 Å². The van der Waals surface area contributed by atoms with Gasteiger partial charge in [0.1, 0.15) is 0 Å². The molecule has 19 heavy (non-hydrogen) atoms. The average Bonchev–Trinajstić information content (AvgIpc) is 2.94. The maximum Gasteiger partial charge on any atom is 0.238 e. The summed E-state index contributed by atoms with van der Waals surface area (Å²) in [5, 5.41) is 1.63. The molecule has 3 rings (SSSR count). The number of rotatable bonds is 2. The Balaban J connectivity index is 2.11. The molecule has 6 heteroatoms. The number of halogens is 3. The third-order valence-corrected chi connectivity index (χ3v) is 4.68. The fraction of sp³-hybridized carbons (Fsp3) is 0. The molecule has 0 aliphatic carbocycles. The van der Waals surface area contributed by atoms with Gasteiger partial charge in [-0.1, -0.05) is 23.2 Å². The summed E-state index contributed by atoms with van der Waals surface area (Å²) >= 11 is 16.6. The number of hydrogen-bond acceptors (Lipinski definition) is 3. The molecule has 0 atom stereocenters. The van der Waals surface area contributed by atoms with Gasteiger partial charge in [-0.05, 0) is 46.3 Å². The summed E-state index contributed by atoms with van der Waals surface area (Å²) < 4.78 is 6.43. The Hall–Kier alpha value is -0.810. The zero-order valence-electron chi connectivity index (χ0n) is 9.25. The van der Waals surface area contributed by atoms with Crippen LogP contribution in [0.25, 0.3) is 11.0 Å². The Morgan fingerprint density at radius 3 is 2.68 bits per heavy atom. The van der Waals surface area contributed by atoms with Crippen molar-refractivity contribution in [3.63, 3.8) is 0 Å². The molecule has 2 heterocycles. The van der Waals surface area contributed by atoms with Crippen molar-refractivity contribution in [2.45, 2.75) is 0 Å². The van der Waals surface area contributed by atoms with Gasteiger partial charge in [-0.15, -0.1) is 11.3 Å². The van der Waals surface area contributed by atoms with Gasteiger partial charge >= 0.3 is 0 Å². The summed E-state index contributed by atoms with van der Waals surface area (Å²) in [6.45, 7) is 0. The molecule has 0 unspecified atom stereocenters. The molecule has 0 amide bonds. The molecular weight excluding hydrogens is 371 g/mol. The first-order valence-corrected chi connectivity index (χ1v) is 7.60. The van der Waals surface area contributed by atoms with Crippen molar-refractivity contribution in [3.05, 3.63) is 54.8 Å². The first-order chi connectivity index (χ1) is 9.04. The van der Waals surface area contributed by atoms with Crippen molar-refractivity contribution in [3.8, 4) is 0 Å². The largest absolute Gasteiger partial charge is 0.451 e. The first-order valence-electron chi connectivity index (χ1n) is 5.23. The van der Waals surface area contributed by atoms with E-state index in [2.05, 4.69) is 15.9 Å². The van der Waals surface area contributed by atoms with Crippen LogP contribution in [-0.2, 0) is 0 Å². The fourth-order valence-electron chi connectivity index (χ4n) is 1.75. The van der Waals surface area contributed by atoms with Gasteiger partial charge in [-0.3, -0.25) is 4.79 Å². The van der Waals surface area contributed by atoms with E-state index in [9.17, 15) is 4.79 Å². The normalized spacial score (nSPS) is 11.1. The van der Waals surface area contributed by atoms with Crippen molar-refractivity contribution < 1.29 is 9.21 Å². The van der Waals surface area contributed by atoms with Crippen molar-refractivity contribution in [1.82, 2.24) is 0 Å². The van der Waals surface area contributed by atoms with Crippen LogP contribution < -0.4 is 0 Å². The molecule has 0 radical (unpaired) electrons. The quantitative estimate of drug-likeness (QED) is 0.530. The SMILES string of the molecule is O=C(c1cc2cc(Cl)cc(Cl)c2o1)c1ccc(Br)s1. The third kappa shape index (κ3) is 2.46. The van der Waals surface area contributed by atoms with Crippen LogP contribution in [-0.4, -0.2) is 5.78 Å². The van der Waals surface area contributed by atoms with Crippen LogP contribution in [0.3, 0.4) is 0 Å². The van der Waals surface area contributed by atoms with Gasteiger partial charge in [0, 0.05) is 10.4 Å². The van der Waals surface area contributed by atoms with Gasteiger partial charge in [0.2, 0.25) is 5.78 Å². The minimum atomic E-state index is -0.168. The Labute approximate surface area is 131 Å². The van der Waals surface area contributed by atoms with Crippen molar-refractivity contribution in [1.29, 1.82) is 0 Å². The predicted octanol–water partition coefficient (Wildman–Crippen LogP) is 5.79. The molecule has 0 aliphatic heterocycles. The highest BCUT2D eigenvalue weighted by Gasteiger charge is 2.18. The average molecular weight is 376 g/mol. The lowest BCUT2D eigenvalue weighted by Crippen LogP contribution is -1.95. The highest BCUT2D eigenvalue weighted by molar-refractivity contribution is 9.11. The Kier molecular flexibility index (Phi) is 3.43. The molecular formula is C13H5BrCl2O2S. The van der Waals surface area contributed by atoms with E-state index in [-0.39, 0.29) is 11.5 Å². The molecule has 0 saturated heterocycles. The van der Waals surface area contributed by atoms with E-state index in [1.807, 2.05) is 6.07 Å². The highest BCUT2D eigenvalue weighted by Crippen LogP contribution is 2.32. The van der Waals surface area contributed by atoms with E-state index in [0.717, 1.165) is 9.17 Å². The van der Waals surface area contributed by atoms with Crippen LogP contribution in [0.2, 0.25) is 10.0 Å². The van der Waals surface area contributed by atoms with Gasteiger partial charge in [0.15, 0.2) is 11.3 Å². The van der Waals surface area contributed by atoms with Gasteiger partial charge in [-0.25, -0.2) is 0 Å². The van der Waals surface area contributed by atoms with Crippen molar-refractivity contribution in [2.75, 3.05) is 0 Å². The van der Waals surface area contributed by atoms with Crippen LogP contribution >= 0.6 is 50.5 Å². The molecule has 2 aromatic heterocycles. The number of thiophene rings is 1. The lowest BCUT2D eigenvalue weighted by molar-refractivity contribution is 0.101. The molecule has 0 saturated carbocycles. The van der Waals surface area contributed by atoms with Crippen LogP contribution in [0.15, 0.2) is 38.5 Å². The second-order valence-corrected chi connectivity index (χ2v) is 7.16. The van der Waals surface area contributed by atoms with Gasteiger partial charge < -0.3 is 4.42 Å². The third-order valence-electron chi connectivity index (χ3n) is 2.56. The maximum atomic E-state index is 12.2. The highest BCUT2D eigenvalue weighted by atomic mass is 79.9. The van der Waals surface area contributed by atoms with Gasteiger partial charge in [-0.2, -0.15) is 0 Å².